The van der Waals surface area contributed by atoms with Crippen molar-refractivity contribution in [2.75, 3.05) is 0 Å². The molecule has 0 bridgehead atoms. The Kier molecular flexibility index (Phi) is 2.45. The Morgan fingerprint density at radius 1 is 1.43 bits per heavy atom. The second kappa shape index (κ2) is 3.48. The summed E-state index contributed by atoms with van der Waals surface area (Å²) in [5.74, 6) is -0.312. The molecule has 0 saturated carbocycles. The number of pyridine rings is 1. The van der Waals surface area contributed by atoms with Crippen molar-refractivity contribution < 1.29 is 4.39 Å². The summed E-state index contributed by atoms with van der Waals surface area (Å²) in [6.07, 6.45) is 1.60. The maximum absolute atomic E-state index is 13.6. The Balaban J connectivity index is 2.95. The van der Waals surface area contributed by atoms with Gasteiger partial charge in [0.15, 0.2) is 0 Å². The average molecular weight is 275 g/mol. The second-order valence-corrected chi connectivity index (χ2v) is 4.20. The quantitative estimate of drug-likeness (QED) is 0.659. The number of aromatic nitrogens is 1. The third-order valence-electron chi connectivity index (χ3n) is 1.98. The van der Waals surface area contributed by atoms with Gasteiger partial charge in [0, 0.05) is 17.0 Å². The van der Waals surface area contributed by atoms with Gasteiger partial charge in [-0.3, -0.25) is 0 Å². The summed E-state index contributed by atoms with van der Waals surface area (Å²) in [4.78, 5) is 4.01. The van der Waals surface area contributed by atoms with Gasteiger partial charge in [0.05, 0.1) is 5.02 Å². The zero-order valence-corrected chi connectivity index (χ0v) is 9.66. The summed E-state index contributed by atoms with van der Waals surface area (Å²) >= 11 is 9.09. The van der Waals surface area contributed by atoms with Crippen LogP contribution >= 0.6 is 27.5 Å². The minimum atomic E-state index is -0.312. The Hall–Kier alpha value is -0.670. The molecule has 1 heterocycles. The number of rotatable bonds is 0. The lowest BCUT2D eigenvalue weighted by atomic mass is 10.1. The van der Waals surface area contributed by atoms with Crippen molar-refractivity contribution in [2.24, 2.45) is 0 Å². The van der Waals surface area contributed by atoms with Crippen LogP contribution in [0, 0.1) is 12.7 Å². The van der Waals surface area contributed by atoms with Crippen molar-refractivity contribution in [3.63, 3.8) is 0 Å². The standard InChI is InChI=1S/C10H6BrClFN/c1-5-2-6-4-14-10(11)9(12)8(6)7(13)3-5/h2-4H,1H3. The van der Waals surface area contributed by atoms with Gasteiger partial charge in [-0.15, -0.1) is 0 Å². The normalized spacial score (nSPS) is 10.9. The summed E-state index contributed by atoms with van der Waals surface area (Å²) in [6, 6.07) is 3.31. The van der Waals surface area contributed by atoms with Crippen LogP contribution in [-0.4, -0.2) is 4.98 Å². The van der Waals surface area contributed by atoms with Crippen molar-refractivity contribution in [1.29, 1.82) is 0 Å². The van der Waals surface area contributed by atoms with Crippen LogP contribution in [0.1, 0.15) is 5.56 Å². The van der Waals surface area contributed by atoms with Crippen LogP contribution < -0.4 is 0 Å². The number of halogens is 3. The van der Waals surface area contributed by atoms with Crippen molar-refractivity contribution in [2.45, 2.75) is 6.92 Å². The van der Waals surface area contributed by atoms with E-state index in [0.29, 0.717) is 15.0 Å². The molecule has 4 heteroatoms. The van der Waals surface area contributed by atoms with Crippen molar-refractivity contribution >= 4 is 38.3 Å². The summed E-state index contributed by atoms with van der Waals surface area (Å²) in [6.45, 7) is 1.83. The van der Waals surface area contributed by atoms with Gasteiger partial charge in [-0.05, 0) is 40.5 Å². The van der Waals surface area contributed by atoms with Gasteiger partial charge in [0.25, 0.3) is 0 Å². The van der Waals surface area contributed by atoms with Gasteiger partial charge in [0.2, 0.25) is 0 Å². The summed E-state index contributed by atoms with van der Waals surface area (Å²) < 4.78 is 14.0. The lowest BCUT2D eigenvalue weighted by molar-refractivity contribution is 0.638. The highest BCUT2D eigenvalue weighted by atomic mass is 79.9. The number of hydrogen-bond donors (Lipinski definition) is 0. The lowest BCUT2D eigenvalue weighted by Gasteiger charge is -2.04. The van der Waals surface area contributed by atoms with Crippen LogP contribution in [0.15, 0.2) is 22.9 Å². The summed E-state index contributed by atoms with van der Waals surface area (Å²) in [7, 11) is 0. The smallest absolute Gasteiger partial charge is 0.132 e. The molecular weight excluding hydrogens is 268 g/mol. The first-order chi connectivity index (χ1) is 6.59. The van der Waals surface area contributed by atoms with Crippen LogP contribution in [0.4, 0.5) is 4.39 Å². The molecule has 72 valence electrons. The maximum atomic E-state index is 13.6. The predicted octanol–water partition coefficient (Wildman–Crippen LogP) is 4.10. The van der Waals surface area contributed by atoms with E-state index in [-0.39, 0.29) is 5.82 Å². The Morgan fingerprint density at radius 3 is 2.86 bits per heavy atom. The van der Waals surface area contributed by atoms with E-state index in [4.69, 9.17) is 11.6 Å². The van der Waals surface area contributed by atoms with E-state index in [0.717, 1.165) is 10.9 Å². The van der Waals surface area contributed by atoms with E-state index in [9.17, 15) is 4.39 Å². The molecule has 0 aliphatic carbocycles. The Bertz CT molecular complexity index is 513. The summed E-state index contributed by atoms with van der Waals surface area (Å²) in [5, 5.41) is 1.45. The molecule has 14 heavy (non-hydrogen) atoms. The lowest BCUT2D eigenvalue weighted by Crippen LogP contribution is -1.87. The Morgan fingerprint density at radius 2 is 2.14 bits per heavy atom. The molecule has 0 N–H and O–H groups in total. The first-order valence-electron chi connectivity index (χ1n) is 3.99. The SMILES string of the molecule is Cc1cc(F)c2c(Cl)c(Br)ncc2c1. The highest BCUT2D eigenvalue weighted by Gasteiger charge is 2.09. The monoisotopic (exact) mass is 273 g/mol. The zero-order valence-electron chi connectivity index (χ0n) is 7.31. The van der Waals surface area contributed by atoms with Crippen LogP contribution in [0.2, 0.25) is 5.02 Å². The molecule has 1 aromatic heterocycles. The molecule has 0 aliphatic heterocycles. The fourth-order valence-corrected chi connectivity index (χ4v) is 1.94. The number of fused-ring (bicyclic) bond motifs is 1. The van der Waals surface area contributed by atoms with Gasteiger partial charge in [0.1, 0.15) is 10.4 Å². The van der Waals surface area contributed by atoms with E-state index in [1.54, 1.807) is 6.20 Å². The highest BCUT2D eigenvalue weighted by Crippen LogP contribution is 2.31. The molecule has 1 nitrogen and oxygen atoms in total. The van der Waals surface area contributed by atoms with Crippen LogP contribution in [0.5, 0.6) is 0 Å². The molecule has 1 aromatic carbocycles. The topological polar surface area (TPSA) is 12.9 Å². The van der Waals surface area contributed by atoms with Crippen LogP contribution in [0.3, 0.4) is 0 Å². The van der Waals surface area contributed by atoms with Gasteiger partial charge in [-0.1, -0.05) is 11.6 Å². The van der Waals surface area contributed by atoms with Gasteiger partial charge < -0.3 is 0 Å². The predicted molar refractivity (Wildman–Crippen MR) is 59.1 cm³/mol. The van der Waals surface area contributed by atoms with E-state index < -0.39 is 0 Å². The third-order valence-corrected chi connectivity index (χ3v) is 3.18. The first-order valence-corrected chi connectivity index (χ1v) is 5.16. The van der Waals surface area contributed by atoms with E-state index in [1.165, 1.54) is 6.07 Å². The molecule has 0 atom stereocenters. The molecule has 0 spiro atoms. The molecule has 0 unspecified atom stereocenters. The van der Waals surface area contributed by atoms with Crippen LogP contribution in [0.25, 0.3) is 10.8 Å². The molecular formula is C10H6BrClFN. The molecule has 2 aromatic rings. The van der Waals surface area contributed by atoms with Crippen LogP contribution in [-0.2, 0) is 0 Å². The van der Waals surface area contributed by atoms with E-state index >= 15 is 0 Å². The van der Waals surface area contributed by atoms with Gasteiger partial charge in [-0.2, -0.15) is 0 Å². The third kappa shape index (κ3) is 1.51. The van der Waals surface area contributed by atoms with Gasteiger partial charge in [-0.25, -0.2) is 9.37 Å². The van der Waals surface area contributed by atoms with Crippen molar-refractivity contribution in [3.05, 3.63) is 39.3 Å². The first kappa shape index (κ1) is 9.87. The number of nitrogens with zero attached hydrogens (tertiary/aromatic N) is 1. The Labute approximate surface area is 94.0 Å². The molecule has 2 rings (SSSR count). The minimum absolute atomic E-state index is 0.312. The fourth-order valence-electron chi connectivity index (χ4n) is 1.39. The van der Waals surface area contributed by atoms with Crippen molar-refractivity contribution in [3.8, 4) is 0 Å². The molecule has 0 amide bonds. The summed E-state index contributed by atoms with van der Waals surface area (Å²) in [5.41, 5.74) is 0.857. The molecule has 0 fully saturated rings. The molecule has 0 saturated heterocycles. The van der Waals surface area contributed by atoms with E-state index in [1.807, 2.05) is 13.0 Å². The fraction of sp³-hybridized carbons (Fsp3) is 0.100. The number of aryl methyl sites for hydroxylation is 1. The second-order valence-electron chi connectivity index (χ2n) is 3.07. The molecule has 0 radical (unpaired) electrons. The van der Waals surface area contributed by atoms with E-state index in [2.05, 4.69) is 20.9 Å². The maximum Gasteiger partial charge on any atom is 0.132 e. The van der Waals surface area contributed by atoms with Gasteiger partial charge >= 0.3 is 0 Å². The minimum Gasteiger partial charge on any atom is -0.247 e. The zero-order chi connectivity index (χ0) is 10.3. The largest absolute Gasteiger partial charge is 0.247 e. The number of benzene rings is 1. The average Bonchev–Trinajstić information content (AvgIpc) is 2.10. The van der Waals surface area contributed by atoms with Crippen molar-refractivity contribution in [1.82, 2.24) is 4.98 Å². The highest BCUT2D eigenvalue weighted by molar-refractivity contribution is 9.10. The molecule has 0 aliphatic rings. The number of hydrogen-bond acceptors (Lipinski definition) is 1.